The van der Waals surface area contributed by atoms with Crippen LogP contribution in [0.1, 0.15) is 58.3 Å². The topological polar surface area (TPSA) is 72.7 Å². The lowest BCUT2D eigenvalue weighted by atomic mass is 10.00. The fourth-order valence-corrected chi connectivity index (χ4v) is 4.77. The van der Waals surface area contributed by atoms with Gasteiger partial charge >= 0.3 is 0 Å². The van der Waals surface area contributed by atoms with Crippen LogP contribution in [0.2, 0.25) is 0 Å². The van der Waals surface area contributed by atoms with Crippen molar-refractivity contribution in [3.05, 3.63) is 89.1 Å². The molecule has 164 valence electrons. The number of carbonyl (C=O) groups is 1. The molecular formula is C27H25N5O. The lowest BCUT2D eigenvalue weighted by molar-refractivity contribution is 0.0954. The minimum absolute atomic E-state index is 0.0386. The molecule has 33 heavy (non-hydrogen) atoms. The van der Waals surface area contributed by atoms with E-state index in [0.29, 0.717) is 19.0 Å². The molecule has 0 radical (unpaired) electrons. The van der Waals surface area contributed by atoms with Crippen LogP contribution in [0, 0.1) is 0 Å². The second kappa shape index (κ2) is 8.28. The van der Waals surface area contributed by atoms with Crippen molar-refractivity contribution in [1.29, 1.82) is 0 Å². The molecule has 0 saturated heterocycles. The first-order valence-corrected chi connectivity index (χ1v) is 11.6. The summed E-state index contributed by atoms with van der Waals surface area (Å²) in [5.74, 6) is 0.902. The first-order chi connectivity index (χ1) is 16.3. The largest absolute Gasteiger partial charge is 0.352 e. The Labute approximate surface area is 192 Å². The summed E-state index contributed by atoms with van der Waals surface area (Å²) in [7, 11) is 0. The van der Waals surface area contributed by atoms with Gasteiger partial charge in [-0.1, -0.05) is 48.5 Å². The average Bonchev–Trinajstić information content (AvgIpc) is 3.46. The number of hydrogen-bond donors (Lipinski definition) is 1. The molecule has 1 N–H and O–H groups in total. The maximum atomic E-state index is 13.4. The molecule has 0 spiro atoms. The van der Waals surface area contributed by atoms with E-state index >= 15 is 0 Å². The lowest BCUT2D eigenvalue weighted by Gasteiger charge is -2.13. The van der Waals surface area contributed by atoms with E-state index in [4.69, 9.17) is 4.98 Å². The number of hydrogen-bond acceptors (Lipinski definition) is 4. The van der Waals surface area contributed by atoms with Crippen molar-refractivity contribution in [2.75, 3.05) is 6.54 Å². The molecule has 0 aliphatic heterocycles. The maximum Gasteiger partial charge on any atom is 0.252 e. The fraction of sp³-hybridized carbons (Fsp3) is 0.259. The lowest BCUT2D eigenvalue weighted by Crippen LogP contribution is -2.28. The van der Waals surface area contributed by atoms with E-state index in [1.54, 1.807) is 6.33 Å². The Morgan fingerprint density at radius 1 is 1.06 bits per heavy atom. The molecule has 0 atom stereocenters. The Kier molecular flexibility index (Phi) is 4.98. The second-order valence-corrected chi connectivity index (χ2v) is 8.80. The van der Waals surface area contributed by atoms with Crippen LogP contribution in [-0.2, 0) is 12.8 Å². The van der Waals surface area contributed by atoms with Crippen LogP contribution in [0.15, 0.2) is 60.9 Å². The van der Waals surface area contributed by atoms with Gasteiger partial charge in [-0.3, -0.25) is 4.79 Å². The van der Waals surface area contributed by atoms with Gasteiger partial charge in [0, 0.05) is 24.4 Å². The number of fused-ring (bicyclic) bond motifs is 2. The molecule has 4 aromatic rings. The van der Waals surface area contributed by atoms with E-state index in [2.05, 4.69) is 38.3 Å². The molecule has 6 heteroatoms. The van der Waals surface area contributed by atoms with Crippen LogP contribution in [0.5, 0.6) is 0 Å². The molecular weight excluding hydrogens is 410 g/mol. The van der Waals surface area contributed by atoms with Gasteiger partial charge in [0.15, 0.2) is 0 Å². The Hall–Kier alpha value is -3.80. The SMILES string of the molecule is O=C(NCCc1nncn1C1CC1)c1c2c(nc3ccccc13)C(=Cc1ccccc1)CC2. The maximum absolute atomic E-state index is 13.4. The number of nitrogens with one attached hydrogen (secondary N) is 1. The van der Waals surface area contributed by atoms with E-state index in [0.717, 1.165) is 52.0 Å². The number of carbonyl (C=O) groups excluding carboxylic acids is 1. The molecule has 2 heterocycles. The van der Waals surface area contributed by atoms with Crippen LogP contribution < -0.4 is 5.32 Å². The Morgan fingerprint density at radius 3 is 2.73 bits per heavy atom. The van der Waals surface area contributed by atoms with Gasteiger partial charge in [-0.05, 0) is 54.5 Å². The summed E-state index contributed by atoms with van der Waals surface area (Å²) in [6.07, 6.45) is 8.75. The molecule has 6 rings (SSSR count). The molecule has 2 aromatic heterocycles. The van der Waals surface area contributed by atoms with Crippen molar-refractivity contribution in [3.63, 3.8) is 0 Å². The van der Waals surface area contributed by atoms with Crippen molar-refractivity contribution in [1.82, 2.24) is 25.1 Å². The number of allylic oxidation sites excluding steroid dienone is 1. The average molecular weight is 436 g/mol. The van der Waals surface area contributed by atoms with Gasteiger partial charge in [0.1, 0.15) is 12.2 Å². The van der Waals surface area contributed by atoms with Crippen molar-refractivity contribution < 1.29 is 4.79 Å². The predicted molar refractivity (Wildman–Crippen MR) is 129 cm³/mol. The molecule has 1 fully saturated rings. The smallest absolute Gasteiger partial charge is 0.252 e. The first-order valence-electron chi connectivity index (χ1n) is 11.6. The van der Waals surface area contributed by atoms with Gasteiger partial charge in [0.25, 0.3) is 5.91 Å². The van der Waals surface area contributed by atoms with Gasteiger partial charge in [0.2, 0.25) is 0 Å². The van der Waals surface area contributed by atoms with Crippen molar-refractivity contribution in [2.45, 2.75) is 38.1 Å². The number of para-hydroxylation sites is 1. The normalized spacial score (nSPS) is 16.3. The summed E-state index contributed by atoms with van der Waals surface area (Å²) in [6.45, 7) is 0.530. The third-order valence-corrected chi connectivity index (χ3v) is 6.53. The van der Waals surface area contributed by atoms with Crippen LogP contribution in [-0.4, -0.2) is 32.2 Å². The molecule has 1 amide bonds. The third kappa shape index (κ3) is 3.82. The molecule has 6 nitrogen and oxygen atoms in total. The number of amides is 1. The standard InChI is InChI=1S/C27H25N5O/c33-27(28-15-14-24-31-29-17-32(24)20-11-12-20)25-21-8-4-5-9-23(21)30-26-19(10-13-22(25)26)16-18-6-2-1-3-7-18/h1-9,16-17,20H,10-15H2,(H,28,33). The van der Waals surface area contributed by atoms with Gasteiger partial charge in [-0.2, -0.15) is 0 Å². The molecule has 2 aromatic carbocycles. The monoisotopic (exact) mass is 435 g/mol. The van der Waals surface area contributed by atoms with E-state index in [9.17, 15) is 4.79 Å². The van der Waals surface area contributed by atoms with Crippen molar-refractivity contribution >= 4 is 28.5 Å². The highest BCUT2D eigenvalue weighted by Crippen LogP contribution is 2.37. The number of pyridine rings is 1. The highest BCUT2D eigenvalue weighted by molar-refractivity contribution is 6.09. The molecule has 0 unspecified atom stereocenters. The highest BCUT2D eigenvalue weighted by Gasteiger charge is 2.28. The first kappa shape index (κ1) is 19.9. The zero-order valence-corrected chi connectivity index (χ0v) is 18.4. The number of nitrogens with zero attached hydrogens (tertiary/aromatic N) is 4. The minimum atomic E-state index is -0.0386. The highest BCUT2D eigenvalue weighted by atomic mass is 16.1. The van der Waals surface area contributed by atoms with E-state index in [1.165, 1.54) is 18.4 Å². The van der Waals surface area contributed by atoms with Gasteiger partial charge in [0.05, 0.1) is 16.8 Å². The zero-order valence-electron chi connectivity index (χ0n) is 18.4. The summed E-state index contributed by atoms with van der Waals surface area (Å²) in [5, 5.41) is 12.4. The summed E-state index contributed by atoms with van der Waals surface area (Å²) < 4.78 is 2.15. The van der Waals surface area contributed by atoms with E-state index in [-0.39, 0.29) is 5.91 Å². The van der Waals surface area contributed by atoms with Gasteiger partial charge in [-0.25, -0.2) is 4.98 Å². The summed E-state index contributed by atoms with van der Waals surface area (Å²) in [6, 6.07) is 18.8. The van der Waals surface area contributed by atoms with Crippen LogP contribution in [0.4, 0.5) is 0 Å². The second-order valence-electron chi connectivity index (χ2n) is 8.80. The van der Waals surface area contributed by atoms with Crippen molar-refractivity contribution in [3.8, 4) is 0 Å². The number of rotatable bonds is 6. The van der Waals surface area contributed by atoms with E-state index < -0.39 is 0 Å². The molecule has 2 aliphatic carbocycles. The Morgan fingerprint density at radius 2 is 1.88 bits per heavy atom. The quantitative estimate of drug-likeness (QED) is 0.480. The van der Waals surface area contributed by atoms with Gasteiger partial charge in [-0.15, -0.1) is 10.2 Å². The van der Waals surface area contributed by atoms with Crippen LogP contribution in [0.3, 0.4) is 0 Å². The Bertz CT molecular complexity index is 1370. The van der Waals surface area contributed by atoms with Crippen LogP contribution >= 0.6 is 0 Å². The summed E-state index contributed by atoms with van der Waals surface area (Å²) in [4.78, 5) is 18.4. The Balaban J connectivity index is 1.31. The van der Waals surface area contributed by atoms with Gasteiger partial charge < -0.3 is 9.88 Å². The third-order valence-electron chi connectivity index (χ3n) is 6.53. The zero-order chi connectivity index (χ0) is 22.2. The number of benzene rings is 2. The van der Waals surface area contributed by atoms with E-state index in [1.807, 2.05) is 42.5 Å². The predicted octanol–water partition coefficient (Wildman–Crippen LogP) is 4.62. The number of aromatic nitrogens is 4. The summed E-state index contributed by atoms with van der Waals surface area (Å²) in [5.41, 5.74) is 5.96. The minimum Gasteiger partial charge on any atom is -0.352 e. The summed E-state index contributed by atoms with van der Waals surface area (Å²) >= 11 is 0. The van der Waals surface area contributed by atoms with Crippen molar-refractivity contribution in [2.24, 2.45) is 0 Å². The van der Waals surface area contributed by atoms with Crippen LogP contribution in [0.25, 0.3) is 22.6 Å². The molecule has 1 saturated carbocycles. The molecule has 0 bridgehead atoms. The fourth-order valence-electron chi connectivity index (χ4n) is 4.77. The molecule has 2 aliphatic rings.